The third-order valence-electron chi connectivity index (χ3n) is 2.67. The standard InChI is InChI=1S/C15H11Cl2NO2S/c1-9-7-12(17)13(8-11(9)16)18-15(20)14-10(3-2-5-19)4-6-21-14/h4,6-8,19H,5H2,1H3,(H,18,20). The maximum Gasteiger partial charge on any atom is 0.267 e. The van der Waals surface area contributed by atoms with Gasteiger partial charge in [-0.15, -0.1) is 11.3 Å². The number of anilines is 1. The van der Waals surface area contributed by atoms with Crippen molar-refractivity contribution in [2.45, 2.75) is 6.92 Å². The number of aliphatic hydroxyl groups excluding tert-OH is 1. The van der Waals surface area contributed by atoms with Gasteiger partial charge in [0.2, 0.25) is 0 Å². The van der Waals surface area contributed by atoms with E-state index in [0.29, 0.717) is 26.2 Å². The van der Waals surface area contributed by atoms with Gasteiger partial charge in [0.1, 0.15) is 11.5 Å². The fourth-order valence-corrected chi connectivity index (χ4v) is 2.81. The maximum atomic E-state index is 12.3. The largest absolute Gasteiger partial charge is 0.384 e. The lowest BCUT2D eigenvalue weighted by molar-refractivity contribution is 0.103. The summed E-state index contributed by atoms with van der Waals surface area (Å²) in [5.74, 6) is 4.95. The van der Waals surface area contributed by atoms with Crippen LogP contribution in [-0.4, -0.2) is 17.6 Å². The molecule has 21 heavy (non-hydrogen) atoms. The monoisotopic (exact) mass is 339 g/mol. The molecule has 0 spiro atoms. The summed E-state index contributed by atoms with van der Waals surface area (Å²) in [5, 5.41) is 14.2. The first kappa shape index (κ1) is 15.9. The normalized spacial score (nSPS) is 9.90. The summed E-state index contributed by atoms with van der Waals surface area (Å²) in [6.07, 6.45) is 0. The maximum absolute atomic E-state index is 12.3. The van der Waals surface area contributed by atoms with Crippen molar-refractivity contribution in [2.75, 3.05) is 11.9 Å². The molecule has 0 fully saturated rings. The molecule has 1 heterocycles. The molecule has 0 saturated heterocycles. The molecule has 2 aromatic rings. The van der Waals surface area contributed by atoms with Crippen molar-refractivity contribution in [3.8, 4) is 11.8 Å². The highest BCUT2D eigenvalue weighted by molar-refractivity contribution is 7.12. The highest BCUT2D eigenvalue weighted by Crippen LogP contribution is 2.29. The molecule has 0 bridgehead atoms. The Kier molecular flexibility index (Phi) is 5.27. The molecule has 0 saturated carbocycles. The number of nitrogens with one attached hydrogen (secondary N) is 1. The number of carbonyl (C=O) groups is 1. The number of aryl methyl sites for hydroxylation is 1. The zero-order chi connectivity index (χ0) is 15.4. The van der Waals surface area contributed by atoms with Gasteiger partial charge in [-0.3, -0.25) is 4.79 Å². The fraction of sp³-hybridized carbons (Fsp3) is 0.133. The second-order valence-electron chi connectivity index (χ2n) is 4.16. The van der Waals surface area contributed by atoms with E-state index >= 15 is 0 Å². The summed E-state index contributed by atoms with van der Waals surface area (Å²) in [6.45, 7) is 1.58. The van der Waals surface area contributed by atoms with Crippen molar-refractivity contribution in [2.24, 2.45) is 0 Å². The summed E-state index contributed by atoms with van der Waals surface area (Å²) in [4.78, 5) is 12.7. The van der Waals surface area contributed by atoms with Crippen LogP contribution in [0.4, 0.5) is 5.69 Å². The molecule has 0 aliphatic carbocycles. The lowest BCUT2D eigenvalue weighted by atomic mass is 10.2. The van der Waals surface area contributed by atoms with Gasteiger partial charge >= 0.3 is 0 Å². The average Bonchev–Trinajstić information content (AvgIpc) is 2.91. The Hall–Kier alpha value is -1.51. The number of carbonyl (C=O) groups excluding carboxylic acids is 1. The van der Waals surface area contributed by atoms with E-state index < -0.39 is 0 Å². The van der Waals surface area contributed by atoms with E-state index in [9.17, 15) is 4.79 Å². The molecule has 0 radical (unpaired) electrons. The molecule has 1 amide bonds. The lowest BCUT2D eigenvalue weighted by Gasteiger charge is -2.08. The van der Waals surface area contributed by atoms with Crippen LogP contribution in [0, 0.1) is 18.8 Å². The second kappa shape index (κ2) is 6.97. The number of hydrogen-bond donors (Lipinski definition) is 2. The van der Waals surface area contributed by atoms with Crippen molar-refractivity contribution < 1.29 is 9.90 Å². The van der Waals surface area contributed by atoms with Gasteiger partial charge in [-0.05, 0) is 36.1 Å². The van der Waals surface area contributed by atoms with Gasteiger partial charge in [-0.2, -0.15) is 0 Å². The highest BCUT2D eigenvalue weighted by atomic mass is 35.5. The molecular weight excluding hydrogens is 329 g/mol. The Bertz CT molecular complexity index is 744. The number of amides is 1. The Morgan fingerprint density at radius 1 is 1.38 bits per heavy atom. The molecule has 0 atom stereocenters. The first-order chi connectivity index (χ1) is 10.0. The Balaban J connectivity index is 2.27. The quantitative estimate of drug-likeness (QED) is 0.813. The van der Waals surface area contributed by atoms with Crippen LogP contribution in [0.5, 0.6) is 0 Å². The van der Waals surface area contributed by atoms with Crippen molar-refractivity contribution in [3.05, 3.63) is 49.6 Å². The molecule has 0 unspecified atom stereocenters. The number of aliphatic hydroxyl groups is 1. The van der Waals surface area contributed by atoms with Crippen molar-refractivity contribution in [1.82, 2.24) is 0 Å². The van der Waals surface area contributed by atoms with E-state index in [1.54, 1.807) is 23.6 Å². The van der Waals surface area contributed by atoms with Crippen LogP contribution in [0.2, 0.25) is 10.0 Å². The van der Waals surface area contributed by atoms with Crippen molar-refractivity contribution in [3.63, 3.8) is 0 Å². The minimum absolute atomic E-state index is 0.254. The van der Waals surface area contributed by atoms with Gasteiger partial charge in [0.05, 0.1) is 10.7 Å². The smallest absolute Gasteiger partial charge is 0.267 e. The number of rotatable bonds is 2. The first-order valence-electron chi connectivity index (χ1n) is 5.97. The van der Waals surface area contributed by atoms with Gasteiger partial charge in [0.15, 0.2) is 0 Å². The zero-order valence-corrected chi connectivity index (χ0v) is 13.4. The Morgan fingerprint density at radius 3 is 2.86 bits per heavy atom. The minimum atomic E-state index is -0.311. The van der Waals surface area contributed by atoms with E-state index in [4.69, 9.17) is 28.3 Å². The lowest BCUT2D eigenvalue weighted by Crippen LogP contribution is -2.12. The van der Waals surface area contributed by atoms with Gasteiger partial charge in [0.25, 0.3) is 5.91 Å². The first-order valence-corrected chi connectivity index (χ1v) is 7.60. The summed E-state index contributed by atoms with van der Waals surface area (Å²) in [7, 11) is 0. The van der Waals surface area contributed by atoms with Crippen molar-refractivity contribution in [1.29, 1.82) is 0 Å². The molecule has 108 valence electrons. The highest BCUT2D eigenvalue weighted by Gasteiger charge is 2.14. The Labute approximate surface area is 136 Å². The molecule has 6 heteroatoms. The molecule has 2 rings (SSSR count). The summed E-state index contributed by atoms with van der Waals surface area (Å²) in [6, 6.07) is 5.04. The van der Waals surface area contributed by atoms with E-state index in [2.05, 4.69) is 17.2 Å². The molecule has 1 aromatic carbocycles. The number of halogens is 2. The van der Waals surface area contributed by atoms with Gasteiger partial charge in [0, 0.05) is 10.6 Å². The van der Waals surface area contributed by atoms with E-state index in [1.165, 1.54) is 11.3 Å². The molecule has 0 aliphatic rings. The van der Waals surface area contributed by atoms with Gasteiger partial charge in [-0.25, -0.2) is 0 Å². The Morgan fingerprint density at radius 2 is 2.14 bits per heavy atom. The van der Waals surface area contributed by atoms with Crippen LogP contribution in [-0.2, 0) is 0 Å². The SMILES string of the molecule is Cc1cc(Cl)c(NC(=O)c2sccc2C#CCO)cc1Cl. The molecule has 3 nitrogen and oxygen atoms in total. The predicted octanol–water partition coefficient (Wildman–Crippen LogP) is 3.96. The number of hydrogen-bond acceptors (Lipinski definition) is 3. The van der Waals surface area contributed by atoms with E-state index in [1.807, 2.05) is 6.92 Å². The third-order valence-corrected chi connectivity index (χ3v) is 4.30. The zero-order valence-electron chi connectivity index (χ0n) is 11.0. The predicted molar refractivity (Wildman–Crippen MR) is 87.4 cm³/mol. The fourth-order valence-electron chi connectivity index (χ4n) is 1.64. The van der Waals surface area contributed by atoms with Gasteiger partial charge < -0.3 is 10.4 Å². The van der Waals surface area contributed by atoms with Crippen LogP contribution in [0.1, 0.15) is 20.8 Å². The van der Waals surface area contributed by atoms with Crippen LogP contribution in [0.25, 0.3) is 0 Å². The third kappa shape index (κ3) is 3.78. The number of thiophene rings is 1. The van der Waals surface area contributed by atoms with Gasteiger partial charge in [-0.1, -0.05) is 35.0 Å². The molecule has 1 aromatic heterocycles. The molecule has 2 N–H and O–H groups in total. The summed E-state index contributed by atoms with van der Waals surface area (Å²) < 4.78 is 0. The van der Waals surface area contributed by atoms with Crippen LogP contribution in [0.3, 0.4) is 0 Å². The van der Waals surface area contributed by atoms with E-state index in [-0.39, 0.29) is 12.5 Å². The average molecular weight is 340 g/mol. The van der Waals surface area contributed by atoms with E-state index in [0.717, 1.165) is 5.56 Å². The summed E-state index contributed by atoms with van der Waals surface area (Å²) >= 11 is 13.4. The van der Waals surface area contributed by atoms with Crippen LogP contribution >= 0.6 is 34.5 Å². The van der Waals surface area contributed by atoms with Crippen LogP contribution in [0.15, 0.2) is 23.6 Å². The molecule has 0 aliphatic heterocycles. The number of benzene rings is 1. The topological polar surface area (TPSA) is 49.3 Å². The summed E-state index contributed by atoms with van der Waals surface area (Å²) in [5.41, 5.74) is 1.86. The molecular formula is C15H11Cl2NO2S. The second-order valence-corrected chi connectivity index (χ2v) is 5.89. The van der Waals surface area contributed by atoms with Crippen LogP contribution < -0.4 is 5.32 Å². The van der Waals surface area contributed by atoms with Crippen molar-refractivity contribution >= 4 is 46.1 Å². The minimum Gasteiger partial charge on any atom is -0.384 e.